The molecule has 0 aromatic carbocycles. The van der Waals surface area contributed by atoms with Gasteiger partial charge in [0.05, 0.1) is 0 Å². The van der Waals surface area contributed by atoms with E-state index in [9.17, 15) is 0 Å². The molecule has 0 N–H and O–H groups in total. The van der Waals surface area contributed by atoms with Crippen LogP contribution in [0.1, 0.15) is 72.6 Å². The largest absolute Gasteiger partial charge is 0.103 e. The minimum atomic E-state index is 0.883. The van der Waals surface area contributed by atoms with E-state index in [1.165, 1.54) is 44.9 Å². The van der Waals surface area contributed by atoms with Crippen LogP contribution in [0.15, 0.2) is 12.7 Å². The van der Waals surface area contributed by atoms with Crippen LogP contribution in [0.2, 0.25) is 0 Å². The molecule has 0 rings (SSSR count). The maximum Gasteiger partial charge on any atom is -0.0325 e. The molecule has 96 valence electrons. The standard InChI is InChI=1S/C16H32/c1-6-10-16(8-3)12-9-11-15(5)13-14(4)7-2/h6,14-16H,1,7-13H2,2-5H3. The molecule has 0 fully saturated rings. The van der Waals surface area contributed by atoms with Gasteiger partial charge in [0, 0.05) is 0 Å². The lowest BCUT2D eigenvalue weighted by atomic mass is 9.89. The summed E-state index contributed by atoms with van der Waals surface area (Å²) in [4.78, 5) is 0. The molecule has 0 aliphatic rings. The van der Waals surface area contributed by atoms with Crippen molar-refractivity contribution < 1.29 is 0 Å². The molecule has 0 aliphatic carbocycles. The Morgan fingerprint density at radius 2 is 1.69 bits per heavy atom. The van der Waals surface area contributed by atoms with Gasteiger partial charge in [0.25, 0.3) is 0 Å². The van der Waals surface area contributed by atoms with E-state index in [1.807, 2.05) is 0 Å². The van der Waals surface area contributed by atoms with Crippen molar-refractivity contribution in [2.75, 3.05) is 0 Å². The highest BCUT2D eigenvalue weighted by Crippen LogP contribution is 2.23. The molecule has 0 heterocycles. The highest BCUT2D eigenvalue weighted by Gasteiger charge is 2.09. The molecule has 0 amide bonds. The fourth-order valence-corrected chi connectivity index (χ4v) is 2.45. The van der Waals surface area contributed by atoms with Gasteiger partial charge in [-0.2, -0.15) is 0 Å². The third-order valence-electron chi connectivity index (χ3n) is 3.89. The van der Waals surface area contributed by atoms with Crippen molar-refractivity contribution >= 4 is 0 Å². The summed E-state index contributed by atoms with van der Waals surface area (Å²) in [7, 11) is 0. The molecule has 0 nitrogen and oxygen atoms in total. The van der Waals surface area contributed by atoms with E-state index in [2.05, 4.69) is 40.3 Å². The molecule has 0 spiro atoms. The van der Waals surface area contributed by atoms with E-state index in [0.29, 0.717) is 0 Å². The minimum Gasteiger partial charge on any atom is -0.103 e. The lowest BCUT2D eigenvalue weighted by molar-refractivity contribution is 0.356. The first-order chi connectivity index (χ1) is 7.63. The highest BCUT2D eigenvalue weighted by molar-refractivity contribution is 4.72. The van der Waals surface area contributed by atoms with E-state index in [0.717, 1.165) is 17.8 Å². The van der Waals surface area contributed by atoms with Crippen molar-refractivity contribution in [2.24, 2.45) is 17.8 Å². The van der Waals surface area contributed by atoms with Crippen molar-refractivity contribution in [3.8, 4) is 0 Å². The molecule has 0 aromatic rings. The zero-order valence-electron chi connectivity index (χ0n) is 12.0. The molecule has 0 heteroatoms. The Labute approximate surface area is 104 Å². The zero-order chi connectivity index (χ0) is 12.4. The summed E-state index contributed by atoms with van der Waals surface area (Å²) in [6.07, 6.45) is 11.6. The SMILES string of the molecule is C=CCC(CC)CCCC(C)CC(C)CC. The maximum absolute atomic E-state index is 3.84. The van der Waals surface area contributed by atoms with Gasteiger partial charge in [0.2, 0.25) is 0 Å². The molecule has 0 bridgehead atoms. The predicted octanol–water partition coefficient (Wildman–Crippen LogP) is 5.83. The van der Waals surface area contributed by atoms with Gasteiger partial charge in [-0.25, -0.2) is 0 Å². The van der Waals surface area contributed by atoms with Crippen molar-refractivity contribution in [1.82, 2.24) is 0 Å². The molecule has 0 aromatic heterocycles. The Morgan fingerprint density at radius 1 is 1.00 bits per heavy atom. The predicted molar refractivity (Wildman–Crippen MR) is 75.7 cm³/mol. The van der Waals surface area contributed by atoms with Gasteiger partial charge in [-0.3, -0.25) is 0 Å². The minimum absolute atomic E-state index is 0.883. The molecular weight excluding hydrogens is 192 g/mol. The first-order valence-corrected chi connectivity index (χ1v) is 7.24. The summed E-state index contributed by atoms with van der Waals surface area (Å²) < 4.78 is 0. The normalized spacial score (nSPS) is 16.8. The van der Waals surface area contributed by atoms with Gasteiger partial charge in [-0.15, -0.1) is 6.58 Å². The second-order valence-corrected chi connectivity index (χ2v) is 5.58. The van der Waals surface area contributed by atoms with E-state index < -0.39 is 0 Å². The lowest BCUT2D eigenvalue weighted by Gasteiger charge is -2.17. The van der Waals surface area contributed by atoms with Crippen LogP contribution in [-0.2, 0) is 0 Å². The van der Waals surface area contributed by atoms with Gasteiger partial charge in [0.15, 0.2) is 0 Å². The van der Waals surface area contributed by atoms with Crippen LogP contribution in [0.25, 0.3) is 0 Å². The van der Waals surface area contributed by atoms with E-state index >= 15 is 0 Å². The van der Waals surface area contributed by atoms with Gasteiger partial charge in [-0.1, -0.05) is 65.9 Å². The third kappa shape index (κ3) is 7.96. The molecule has 3 unspecified atom stereocenters. The second-order valence-electron chi connectivity index (χ2n) is 5.58. The number of hydrogen-bond donors (Lipinski definition) is 0. The Kier molecular flexibility index (Phi) is 9.77. The zero-order valence-corrected chi connectivity index (χ0v) is 12.0. The molecular formula is C16H32. The monoisotopic (exact) mass is 224 g/mol. The van der Waals surface area contributed by atoms with Crippen LogP contribution < -0.4 is 0 Å². The number of rotatable bonds is 10. The van der Waals surface area contributed by atoms with Crippen LogP contribution in [0.4, 0.5) is 0 Å². The van der Waals surface area contributed by atoms with Crippen LogP contribution in [0.3, 0.4) is 0 Å². The van der Waals surface area contributed by atoms with E-state index in [1.54, 1.807) is 0 Å². The van der Waals surface area contributed by atoms with Crippen molar-refractivity contribution in [1.29, 1.82) is 0 Å². The lowest BCUT2D eigenvalue weighted by Crippen LogP contribution is -2.04. The van der Waals surface area contributed by atoms with Gasteiger partial charge < -0.3 is 0 Å². The Balaban J connectivity index is 3.58. The van der Waals surface area contributed by atoms with Crippen LogP contribution in [0, 0.1) is 17.8 Å². The Morgan fingerprint density at radius 3 is 2.19 bits per heavy atom. The summed E-state index contributed by atoms with van der Waals surface area (Å²) in [5.41, 5.74) is 0. The fraction of sp³-hybridized carbons (Fsp3) is 0.875. The summed E-state index contributed by atoms with van der Waals surface area (Å²) in [5, 5.41) is 0. The molecule has 0 aliphatic heterocycles. The van der Waals surface area contributed by atoms with Crippen LogP contribution in [0.5, 0.6) is 0 Å². The first kappa shape index (κ1) is 15.7. The molecule has 16 heavy (non-hydrogen) atoms. The fourth-order valence-electron chi connectivity index (χ4n) is 2.45. The third-order valence-corrected chi connectivity index (χ3v) is 3.89. The Hall–Kier alpha value is -0.260. The summed E-state index contributed by atoms with van der Waals surface area (Å²) in [6.45, 7) is 13.2. The van der Waals surface area contributed by atoms with Crippen LogP contribution >= 0.6 is 0 Å². The van der Waals surface area contributed by atoms with Gasteiger partial charge >= 0.3 is 0 Å². The average molecular weight is 224 g/mol. The molecule has 3 atom stereocenters. The highest BCUT2D eigenvalue weighted by atomic mass is 14.1. The molecule has 0 saturated carbocycles. The van der Waals surface area contributed by atoms with E-state index in [-0.39, 0.29) is 0 Å². The number of allylic oxidation sites excluding steroid dienone is 1. The average Bonchev–Trinajstić information content (AvgIpc) is 2.27. The second kappa shape index (κ2) is 9.93. The summed E-state index contributed by atoms with van der Waals surface area (Å²) >= 11 is 0. The topological polar surface area (TPSA) is 0 Å². The van der Waals surface area contributed by atoms with Crippen molar-refractivity contribution in [3.05, 3.63) is 12.7 Å². The number of hydrogen-bond acceptors (Lipinski definition) is 0. The van der Waals surface area contributed by atoms with Crippen LogP contribution in [-0.4, -0.2) is 0 Å². The quantitative estimate of drug-likeness (QED) is 0.409. The summed E-state index contributed by atoms with van der Waals surface area (Å²) in [6, 6.07) is 0. The smallest absolute Gasteiger partial charge is 0.0325 e. The molecule has 0 saturated heterocycles. The maximum atomic E-state index is 3.84. The Bertz CT molecular complexity index is 159. The first-order valence-electron chi connectivity index (χ1n) is 7.24. The summed E-state index contributed by atoms with van der Waals surface area (Å²) in [5.74, 6) is 2.70. The van der Waals surface area contributed by atoms with E-state index in [4.69, 9.17) is 0 Å². The van der Waals surface area contributed by atoms with Crippen molar-refractivity contribution in [2.45, 2.75) is 72.6 Å². The van der Waals surface area contributed by atoms with Gasteiger partial charge in [0.1, 0.15) is 0 Å². The molecule has 0 radical (unpaired) electrons. The van der Waals surface area contributed by atoms with Gasteiger partial charge in [-0.05, 0) is 30.6 Å². The van der Waals surface area contributed by atoms with Crippen molar-refractivity contribution in [3.63, 3.8) is 0 Å².